The van der Waals surface area contributed by atoms with Gasteiger partial charge in [-0.2, -0.15) is 0 Å². The zero-order valence-electron chi connectivity index (χ0n) is 12.2. The summed E-state index contributed by atoms with van der Waals surface area (Å²) in [6.07, 6.45) is 0. The first-order valence-corrected chi connectivity index (χ1v) is 7.98. The third-order valence-electron chi connectivity index (χ3n) is 3.36. The smallest absolute Gasteiger partial charge is 0.312 e. The van der Waals surface area contributed by atoms with Crippen LogP contribution in [0, 0.1) is 0 Å². The van der Waals surface area contributed by atoms with E-state index in [2.05, 4.69) is 0 Å². The molecule has 120 valence electrons. The molecule has 4 nitrogen and oxygen atoms in total. The molecule has 0 aromatic heterocycles. The fourth-order valence-corrected chi connectivity index (χ4v) is 2.68. The standard InChI is InChI=1S/C17H15Cl2NO3/c18-10-15(17(22)23)12-5-4-8-14(9-12)20(16(21)11-19)13-6-2-1-3-7-13/h1-9,15H,10-11H2,(H,22,23). The Balaban J connectivity index is 2.48. The maximum Gasteiger partial charge on any atom is 0.312 e. The Labute approximate surface area is 144 Å². The van der Waals surface area contributed by atoms with E-state index >= 15 is 0 Å². The van der Waals surface area contributed by atoms with Crippen molar-refractivity contribution in [2.45, 2.75) is 5.92 Å². The van der Waals surface area contributed by atoms with E-state index in [0.717, 1.165) is 0 Å². The highest BCUT2D eigenvalue weighted by atomic mass is 35.5. The summed E-state index contributed by atoms with van der Waals surface area (Å²) < 4.78 is 0. The summed E-state index contributed by atoms with van der Waals surface area (Å²) in [6.45, 7) is 0. The highest BCUT2D eigenvalue weighted by molar-refractivity contribution is 6.30. The zero-order chi connectivity index (χ0) is 16.8. The number of amides is 1. The van der Waals surface area contributed by atoms with Crippen LogP contribution in [0.1, 0.15) is 11.5 Å². The van der Waals surface area contributed by atoms with Gasteiger partial charge in [-0.3, -0.25) is 14.5 Å². The molecule has 0 fully saturated rings. The number of nitrogens with zero attached hydrogens (tertiary/aromatic N) is 1. The monoisotopic (exact) mass is 351 g/mol. The summed E-state index contributed by atoms with van der Waals surface area (Å²) in [5.41, 5.74) is 1.75. The van der Waals surface area contributed by atoms with E-state index in [-0.39, 0.29) is 17.7 Å². The summed E-state index contributed by atoms with van der Waals surface area (Å²) in [4.78, 5) is 25.0. The van der Waals surface area contributed by atoms with Crippen molar-refractivity contribution < 1.29 is 14.7 Å². The molecule has 1 N–H and O–H groups in total. The lowest BCUT2D eigenvalue weighted by Crippen LogP contribution is -2.27. The molecule has 0 saturated heterocycles. The van der Waals surface area contributed by atoms with Crippen molar-refractivity contribution in [3.8, 4) is 0 Å². The number of benzene rings is 2. The first kappa shape index (κ1) is 17.3. The number of aliphatic carboxylic acids is 1. The third-order valence-corrected chi connectivity index (χ3v) is 3.90. The average molecular weight is 352 g/mol. The molecule has 0 aliphatic rings. The van der Waals surface area contributed by atoms with Crippen LogP contribution in [-0.2, 0) is 9.59 Å². The van der Waals surface area contributed by atoms with Crippen molar-refractivity contribution in [3.05, 3.63) is 60.2 Å². The number of halogens is 2. The minimum absolute atomic E-state index is 0.0480. The van der Waals surface area contributed by atoms with Gasteiger partial charge in [0.25, 0.3) is 0 Å². The van der Waals surface area contributed by atoms with Gasteiger partial charge in [0.1, 0.15) is 5.88 Å². The molecule has 0 heterocycles. The van der Waals surface area contributed by atoms with Crippen LogP contribution in [0.4, 0.5) is 11.4 Å². The van der Waals surface area contributed by atoms with Gasteiger partial charge in [-0.1, -0.05) is 30.3 Å². The number of hydrogen-bond donors (Lipinski definition) is 1. The zero-order valence-corrected chi connectivity index (χ0v) is 13.7. The molecule has 1 amide bonds. The first-order valence-electron chi connectivity index (χ1n) is 6.91. The van der Waals surface area contributed by atoms with E-state index < -0.39 is 11.9 Å². The number of carboxylic acids is 1. The molecular weight excluding hydrogens is 337 g/mol. The lowest BCUT2D eigenvalue weighted by molar-refractivity contribution is -0.138. The minimum Gasteiger partial charge on any atom is -0.481 e. The number of carbonyl (C=O) groups is 2. The van der Waals surface area contributed by atoms with Crippen molar-refractivity contribution in [3.63, 3.8) is 0 Å². The van der Waals surface area contributed by atoms with Crippen molar-refractivity contribution in [1.29, 1.82) is 0 Å². The molecule has 0 spiro atoms. The Kier molecular flexibility index (Phi) is 6.02. The summed E-state index contributed by atoms with van der Waals surface area (Å²) in [6, 6.07) is 15.8. The van der Waals surface area contributed by atoms with E-state index in [4.69, 9.17) is 23.2 Å². The number of hydrogen-bond acceptors (Lipinski definition) is 2. The van der Waals surface area contributed by atoms with Crippen molar-refractivity contribution in [1.82, 2.24) is 0 Å². The number of carboxylic acid groups (broad SMARTS) is 1. The molecule has 2 rings (SSSR count). The van der Waals surface area contributed by atoms with Crippen LogP contribution in [0.25, 0.3) is 0 Å². The van der Waals surface area contributed by atoms with Crippen LogP contribution >= 0.6 is 23.2 Å². The fraction of sp³-hybridized carbons (Fsp3) is 0.176. The average Bonchev–Trinajstić information content (AvgIpc) is 2.56. The molecule has 1 unspecified atom stereocenters. The summed E-state index contributed by atoms with van der Waals surface area (Å²) in [7, 11) is 0. The summed E-state index contributed by atoms with van der Waals surface area (Å²) in [5.74, 6) is -2.37. The second-order valence-corrected chi connectivity index (χ2v) is 5.41. The Morgan fingerprint density at radius 1 is 1.00 bits per heavy atom. The SMILES string of the molecule is O=C(O)C(CCl)c1cccc(N(C(=O)CCl)c2ccccc2)c1. The maximum absolute atomic E-state index is 12.2. The predicted molar refractivity (Wildman–Crippen MR) is 91.8 cm³/mol. The predicted octanol–water partition coefficient (Wildman–Crippen LogP) is 4.00. The number of carbonyl (C=O) groups excluding carboxylic acids is 1. The Bertz CT molecular complexity index is 691. The summed E-state index contributed by atoms with van der Waals surface area (Å²) in [5, 5.41) is 9.24. The number of alkyl halides is 2. The second-order valence-electron chi connectivity index (χ2n) is 4.84. The van der Waals surface area contributed by atoms with Crippen molar-refractivity contribution in [2.75, 3.05) is 16.7 Å². The quantitative estimate of drug-likeness (QED) is 0.800. The maximum atomic E-state index is 12.2. The summed E-state index contributed by atoms with van der Waals surface area (Å²) >= 11 is 11.5. The van der Waals surface area contributed by atoms with Crippen LogP contribution in [-0.4, -0.2) is 28.7 Å². The van der Waals surface area contributed by atoms with Crippen molar-refractivity contribution >= 4 is 46.5 Å². The van der Waals surface area contributed by atoms with Gasteiger partial charge in [0.05, 0.1) is 5.92 Å². The third kappa shape index (κ3) is 4.03. The molecule has 2 aromatic rings. The van der Waals surface area contributed by atoms with Crippen LogP contribution < -0.4 is 4.90 Å². The van der Waals surface area contributed by atoms with Crippen LogP contribution in [0.5, 0.6) is 0 Å². The lowest BCUT2D eigenvalue weighted by atomic mass is 10.0. The van der Waals surface area contributed by atoms with Crippen LogP contribution in [0.2, 0.25) is 0 Å². The molecule has 2 aromatic carbocycles. The second kappa shape index (κ2) is 7.99. The molecular formula is C17H15Cl2NO3. The molecule has 6 heteroatoms. The van der Waals surface area contributed by atoms with E-state index in [9.17, 15) is 14.7 Å². The van der Waals surface area contributed by atoms with E-state index in [1.807, 2.05) is 18.2 Å². The van der Waals surface area contributed by atoms with Gasteiger partial charge in [0, 0.05) is 17.3 Å². The lowest BCUT2D eigenvalue weighted by Gasteiger charge is -2.23. The minimum atomic E-state index is -1.01. The van der Waals surface area contributed by atoms with E-state index in [0.29, 0.717) is 16.9 Å². The largest absolute Gasteiger partial charge is 0.481 e. The van der Waals surface area contributed by atoms with Crippen LogP contribution in [0.3, 0.4) is 0 Å². The van der Waals surface area contributed by atoms with Gasteiger partial charge >= 0.3 is 5.97 Å². The molecule has 23 heavy (non-hydrogen) atoms. The van der Waals surface area contributed by atoms with E-state index in [1.165, 1.54) is 4.90 Å². The molecule has 0 aliphatic heterocycles. The normalized spacial score (nSPS) is 11.7. The van der Waals surface area contributed by atoms with Gasteiger partial charge in [-0.05, 0) is 29.8 Å². The van der Waals surface area contributed by atoms with Crippen LogP contribution in [0.15, 0.2) is 54.6 Å². The van der Waals surface area contributed by atoms with Crippen molar-refractivity contribution in [2.24, 2.45) is 0 Å². The Morgan fingerprint density at radius 3 is 2.22 bits per heavy atom. The first-order chi connectivity index (χ1) is 11.1. The molecule has 1 atom stereocenters. The number of para-hydroxylation sites is 1. The number of anilines is 2. The van der Waals surface area contributed by atoms with Gasteiger partial charge in [0.15, 0.2) is 0 Å². The molecule has 0 radical (unpaired) electrons. The Hall–Kier alpha value is -2.04. The fourth-order valence-electron chi connectivity index (χ4n) is 2.25. The van der Waals surface area contributed by atoms with E-state index in [1.54, 1.807) is 36.4 Å². The Morgan fingerprint density at radius 2 is 1.65 bits per heavy atom. The number of rotatable bonds is 6. The topological polar surface area (TPSA) is 57.6 Å². The molecule has 0 saturated carbocycles. The van der Waals surface area contributed by atoms with Gasteiger partial charge in [-0.15, -0.1) is 23.2 Å². The van der Waals surface area contributed by atoms with Gasteiger partial charge < -0.3 is 5.11 Å². The molecule has 0 aliphatic carbocycles. The van der Waals surface area contributed by atoms with Gasteiger partial charge in [-0.25, -0.2) is 0 Å². The van der Waals surface area contributed by atoms with Gasteiger partial charge in [0.2, 0.25) is 5.91 Å². The highest BCUT2D eigenvalue weighted by Crippen LogP contribution is 2.29. The highest BCUT2D eigenvalue weighted by Gasteiger charge is 2.22. The molecule has 0 bridgehead atoms.